The Labute approximate surface area is 102 Å². The van der Waals surface area contributed by atoms with Crippen LogP contribution in [0.1, 0.15) is 43.6 Å². The third-order valence-electron chi connectivity index (χ3n) is 2.21. The Hall–Kier alpha value is -1.71. The maximum Gasteiger partial charge on any atom is 0.273 e. The fourth-order valence-electron chi connectivity index (χ4n) is 1.29. The van der Waals surface area contributed by atoms with Crippen LogP contribution in [-0.4, -0.2) is 10.7 Å². The highest BCUT2D eigenvalue weighted by molar-refractivity contribution is 5.98. The summed E-state index contributed by atoms with van der Waals surface area (Å²) in [4.78, 5) is 21.8. The molecular weight excluding hydrogens is 218 g/mol. The van der Waals surface area contributed by atoms with E-state index < -0.39 is 4.92 Å². The SMILES string of the molecule is CC.Cc1ccc(C(=O)C(C)C)cc1[N+](=O)[O-]. The van der Waals surface area contributed by atoms with Gasteiger partial charge in [-0.25, -0.2) is 0 Å². The van der Waals surface area contributed by atoms with Crippen LogP contribution in [0.25, 0.3) is 0 Å². The first-order valence-electron chi connectivity index (χ1n) is 5.72. The molecule has 1 aromatic rings. The molecule has 0 bridgehead atoms. The number of Topliss-reactive ketones (excluding diaryl/α,β-unsaturated/α-hetero) is 1. The summed E-state index contributed by atoms with van der Waals surface area (Å²) in [6.45, 7) is 9.20. The summed E-state index contributed by atoms with van der Waals surface area (Å²) < 4.78 is 0. The predicted octanol–water partition coefficient (Wildman–Crippen LogP) is 3.77. The normalized spacial score (nSPS) is 9.53. The molecule has 0 saturated carbocycles. The van der Waals surface area contributed by atoms with Gasteiger partial charge in [-0.2, -0.15) is 0 Å². The van der Waals surface area contributed by atoms with E-state index >= 15 is 0 Å². The Bertz CT molecular complexity index is 411. The molecule has 1 aromatic carbocycles. The van der Waals surface area contributed by atoms with Gasteiger partial charge in [-0.05, 0) is 6.92 Å². The van der Waals surface area contributed by atoms with Crippen LogP contribution in [0.4, 0.5) is 5.69 Å². The lowest BCUT2D eigenvalue weighted by Gasteiger charge is -2.04. The van der Waals surface area contributed by atoms with E-state index in [2.05, 4.69) is 0 Å². The molecule has 0 heterocycles. The molecular formula is C13H19NO3. The number of hydrogen-bond donors (Lipinski definition) is 0. The molecule has 4 heteroatoms. The van der Waals surface area contributed by atoms with Crippen molar-refractivity contribution in [3.63, 3.8) is 0 Å². The first-order chi connectivity index (χ1) is 7.93. The standard InChI is InChI=1S/C11H13NO3.C2H6/c1-7(2)11(13)9-5-4-8(3)10(6-9)12(14)15;1-2/h4-7H,1-3H3;1-2H3. The van der Waals surface area contributed by atoms with Crippen molar-refractivity contribution >= 4 is 11.5 Å². The molecule has 0 radical (unpaired) electrons. The topological polar surface area (TPSA) is 60.2 Å². The van der Waals surface area contributed by atoms with Crippen LogP contribution in [0.15, 0.2) is 18.2 Å². The van der Waals surface area contributed by atoms with Gasteiger partial charge in [0.15, 0.2) is 5.78 Å². The number of rotatable bonds is 3. The van der Waals surface area contributed by atoms with Gasteiger partial charge >= 0.3 is 0 Å². The molecule has 0 N–H and O–H groups in total. The zero-order valence-electron chi connectivity index (χ0n) is 11.0. The van der Waals surface area contributed by atoms with E-state index in [1.807, 2.05) is 13.8 Å². The molecule has 4 nitrogen and oxygen atoms in total. The minimum atomic E-state index is -0.466. The van der Waals surface area contributed by atoms with E-state index in [1.54, 1.807) is 32.9 Å². The summed E-state index contributed by atoms with van der Waals surface area (Å²) in [6.07, 6.45) is 0. The average Bonchev–Trinajstić information content (AvgIpc) is 2.31. The molecule has 94 valence electrons. The summed E-state index contributed by atoms with van der Waals surface area (Å²) in [6, 6.07) is 4.58. The van der Waals surface area contributed by atoms with Gasteiger partial charge in [-0.15, -0.1) is 0 Å². The molecule has 0 atom stereocenters. The minimum absolute atomic E-state index is 0.00139. The van der Waals surface area contributed by atoms with E-state index in [0.29, 0.717) is 11.1 Å². The van der Waals surface area contributed by atoms with Crippen LogP contribution in [-0.2, 0) is 0 Å². The van der Waals surface area contributed by atoms with Gasteiger partial charge in [-0.3, -0.25) is 14.9 Å². The lowest BCUT2D eigenvalue weighted by Crippen LogP contribution is -2.08. The number of benzene rings is 1. The molecule has 0 fully saturated rings. The predicted molar refractivity (Wildman–Crippen MR) is 68.3 cm³/mol. The van der Waals surface area contributed by atoms with E-state index in [1.165, 1.54) is 6.07 Å². The summed E-state index contributed by atoms with van der Waals surface area (Å²) in [5.41, 5.74) is 0.976. The fourth-order valence-corrected chi connectivity index (χ4v) is 1.29. The summed E-state index contributed by atoms with van der Waals surface area (Å²) in [5.74, 6) is -0.217. The van der Waals surface area contributed by atoms with Crippen molar-refractivity contribution in [2.75, 3.05) is 0 Å². The second kappa shape index (κ2) is 6.78. The highest BCUT2D eigenvalue weighted by Crippen LogP contribution is 2.20. The van der Waals surface area contributed by atoms with E-state index in [-0.39, 0.29) is 17.4 Å². The number of nitro groups is 1. The van der Waals surface area contributed by atoms with E-state index in [0.717, 1.165) is 0 Å². The van der Waals surface area contributed by atoms with Crippen LogP contribution >= 0.6 is 0 Å². The second-order valence-corrected chi connectivity index (χ2v) is 3.78. The Balaban J connectivity index is 0.00000121. The molecule has 0 spiro atoms. The largest absolute Gasteiger partial charge is 0.294 e. The zero-order chi connectivity index (χ0) is 13.6. The molecule has 0 amide bonds. The first-order valence-corrected chi connectivity index (χ1v) is 5.72. The zero-order valence-corrected chi connectivity index (χ0v) is 11.0. The van der Waals surface area contributed by atoms with Gasteiger partial charge in [0.25, 0.3) is 5.69 Å². The maximum absolute atomic E-state index is 11.6. The molecule has 0 aliphatic heterocycles. The number of carbonyl (C=O) groups excluding carboxylic acids is 1. The van der Waals surface area contributed by atoms with Crippen LogP contribution < -0.4 is 0 Å². The maximum atomic E-state index is 11.6. The van der Waals surface area contributed by atoms with Gasteiger partial charge in [0.1, 0.15) is 0 Å². The van der Waals surface area contributed by atoms with E-state index in [9.17, 15) is 14.9 Å². The van der Waals surface area contributed by atoms with Crippen LogP contribution in [0.2, 0.25) is 0 Å². The third-order valence-corrected chi connectivity index (χ3v) is 2.21. The quantitative estimate of drug-likeness (QED) is 0.456. The molecule has 17 heavy (non-hydrogen) atoms. The molecule has 1 rings (SSSR count). The average molecular weight is 237 g/mol. The lowest BCUT2D eigenvalue weighted by molar-refractivity contribution is -0.385. The number of ketones is 1. The van der Waals surface area contributed by atoms with Crippen molar-refractivity contribution < 1.29 is 9.72 Å². The van der Waals surface area contributed by atoms with Gasteiger partial charge < -0.3 is 0 Å². The summed E-state index contributed by atoms with van der Waals surface area (Å²) in [5, 5.41) is 10.7. The Morgan fingerprint density at radius 3 is 2.24 bits per heavy atom. The van der Waals surface area contributed by atoms with E-state index in [4.69, 9.17) is 0 Å². The van der Waals surface area contributed by atoms with Crippen molar-refractivity contribution in [1.29, 1.82) is 0 Å². The van der Waals surface area contributed by atoms with Crippen LogP contribution in [0, 0.1) is 23.0 Å². The third kappa shape index (κ3) is 3.98. The highest BCUT2D eigenvalue weighted by Gasteiger charge is 2.16. The number of nitro benzene ring substituents is 1. The Kier molecular flexibility index (Phi) is 6.10. The lowest BCUT2D eigenvalue weighted by atomic mass is 9.99. The number of hydrogen-bond acceptors (Lipinski definition) is 3. The summed E-state index contributed by atoms with van der Waals surface area (Å²) in [7, 11) is 0. The second-order valence-electron chi connectivity index (χ2n) is 3.78. The van der Waals surface area contributed by atoms with Crippen LogP contribution in [0.5, 0.6) is 0 Å². The van der Waals surface area contributed by atoms with Crippen molar-refractivity contribution in [1.82, 2.24) is 0 Å². The number of nitrogens with zero attached hydrogens (tertiary/aromatic N) is 1. The fraction of sp³-hybridized carbons (Fsp3) is 0.462. The Morgan fingerprint density at radius 1 is 1.29 bits per heavy atom. The minimum Gasteiger partial charge on any atom is -0.294 e. The van der Waals surface area contributed by atoms with Gasteiger partial charge in [-0.1, -0.05) is 39.8 Å². The molecule has 0 aliphatic rings. The van der Waals surface area contributed by atoms with Gasteiger partial charge in [0.05, 0.1) is 4.92 Å². The molecule has 0 unspecified atom stereocenters. The monoisotopic (exact) mass is 237 g/mol. The number of carbonyl (C=O) groups is 1. The number of aryl methyl sites for hydroxylation is 1. The van der Waals surface area contributed by atoms with Crippen LogP contribution in [0.3, 0.4) is 0 Å². The van der Waals surface area contributed by atoms with Crippen molar-refractivity contribution in [2.45, 2.75) is 34.6 Å². The van der Waals surface area contributed by atoms with Gasteiger partial charge in [0.2, 0.25) is 0 Å². The van der Waals surface area contributed by atoms with Gasteiger partial charge in [0, 0.05) is 23.1 Å². The molecule has 0 aliphatic carbocycles. The Morgan fingerprint density at radius 2 is 1.82 bits per heavy atom. The van der Waals surface area contributed by atoms with Crippen molar-refractivity contribution in [3.05, 3.63) is 39.4 Å². The highest BCUT2D eigenvalue weighted by atomic mass is 16.6. The molecule has 0 aromatic heterocycles. The van der Waals surface area contributed by atoms with Crippen molar-refractivity contribution in [3.8, 4) is 0 Å². The first kappa shape index (κ1) is 15.3. The smallest absolute Gasteiger partial charge is 0.273 e. The summed E-state index contributed by atoms with van der Waals surface area (Å²) >= 11 is 0. The molecule has 0 saturated heterocycles. The van der Waals surface area contributed by atoms with Crippen molar-refractivity contribution in [2.24, 2.45) is 5.92 Å².